The number of halogens is 1. The van der Waals surface area contributed by atoms with E-state index in [0.29, 0.717) is 27.8 Å². The Morgan fingerprint density at radius 3 is 2.49 bits per heavy atom. The lowest BCUT2D eigenvalue weighted by Gasteiger charge is -2.26. The minimum absolute atomic E-state index is 0.233. The van der Waals surface area contributed by atoms with E-state index in [0.717, 1.165) is 10.5 Å². The summed E-state index contributed by atoms with van der Waals surface area (Å²) in [5.74, 6) is -0.975. The van der Waals surface area contributed by atoms with Crippen molar-refractivity contribution in [3.05, 3.63) is 88.5 Å². The number of hydrogen-bond donors (Lipinski definition) is 2. The second kappa shape index (κ2) is 11.0. The number of carbonyl (C=O) groups is 4. The van der Waals surface area contributed by atoms with E-state index < -0.39 is 17.8 Å². The number of anilines is 2. The van der Waals surface area contributed by atoms with E-state index in [1.165, 1.54) is 12.1 Å². The molecule has 10 heteroatoms. The first-order valence-corrected chi connectivity index (χ1v) is 11.5. The smallest absolute Gasteiger partial charge is 0.335 e. The summed E-state index contributed by atoms with van der Waals surface area (Å²) in [5.41, 5.74) is 1.81. The summed E-state index contributed by atoms with van der Waals surface area (Å²) < 4.78 is 10.7. The van der Waals surface area contributed by atoms with Crippen molar-refractivity contribution in [3.63, 3.8) is 0 Å². The molecular weight excluding hydrogens is 498 g/mol. The van der Waals surface area contributed by atoms with Gasteiger partial charge in [-0.05, 0) is 72.7 Å². The van der Waals surface area contributed by atoms with Gasteiger partial charge in [-0.25, -0.2) is 9.69 Å². The Kier molecular flexibility index (Phi) is 7.55. The summed E-state index contributed by atoms with van der Waals surface area (Å²) in [7, 11) is 1.55. The van der Waals surface area contributed by atoms with Gasteiger partial charge in [-0.1, -0.05) is 29.8 Å². The molecule has 1 saturated heterocycles. The third-order valence-corrected chi connectivity index (χ3v) is 5.84. The zero-order valence-corrected chi connectivity index (χ0v) is 20.7. The van der Waals surface area contributed by atoms with Gasteiger partial charge >= 0.3 is 6.03 Å². The number of amides is 5. The molecule has 3 aromatic rings. The van der Waals surface area contributed by atoms with E-state index >= 15 is 0 Å². The van der Waals surface area contributed by atoms with Crippen LogP contribution in [0.4, 0.5) is 16.2 Å². The van der Waals surface area contributed by atoms with Crippen LogP contribution in [0.15, 0.2) is 72.3 Å². The number of hydrogen-bond acceptors (Lipinski definition) is 6. The quantitative estimate of drug-likeness (QED) is 0.354. The summed E-state index contributed by atoms with van der Waals surface area (Å²) >= 11 is 6.15. The van der Waals surface area contributed by atoms with Crippen LogP contribution in [0.5, 0.6) is 11.5 Å². The molecule has 3 aromatic carbocycles. The zero-order valence-electron chi connectivity index (χ0n) is 19.9. The topological polar surface area (TPSA) is 114 Å². The third kappa shape index (κ3) is 5.96. The highest BCUT2D eigenvalue weighted by atomic mass is 35.5. The second-order valence-corrected chi connectivity index (χ2v) is 8.44. The maximum absolute atomic E-state index is 13.1. The molecule has 4 rings (SSSR count). The molecule has 0 unspecified atom stereocenters. The summed E-state index contributed by atoms with van der Waals surface area (Å²) in [6, 6.07) is 17.2. The molecule has 0 atom stereocenters. The van der Waals surface area contributed by atoms with E-state index in [2.05, 4.69) is 10.6 Å². The van der Waals surface area contributed by atoms with Crippen LogP contribution in [-0.2, 0) is 14.4 Å². The molecule has 0 bridgehead atoms. The van der Waals surface area contributed by atoms with Gasteiger partial charge in [0.25, 0.3) is 17.7 Å². The molecule has 0 saturated carbocycles. The second-order valence-electron chi connectivity index (χ2n) is 8.03. The number of aryl methyl sites for hydroxylation is 1. The van der Waals surface area contributed by atoms with Crippen LogP contribution >= 0.6 is 11.6 Å². The molecule has 0 aromatic heterocycles. The van der Waals surface area contributed by atoms with Crippen molar-refractivity contribution in [2.24, 2.45) is 0 Å². The Morgan fingerprint density at radius 1 is 1.03 bits per heavy atom. The summed E-state index contributed by atoms with van der Waals surface area (Å²) in [6.07, 6.45) is 1.34. The van der Waals surface area contributed by atoms with Crippen molar-refractivity contribution in [2.75, 3.05) is 23.9 Å². The predicted octanol–water partition coefficient (Wildman–Crippen LogP) is 4.34. The average molecular weight is 520 g/mol. The van der Waals surface area contributed by atoms with Crippen molar-refractivity contribution in [2.45, 2.75) is 6.92 Å². The van der Waals surface area contributed by atoms with Crippen LogP contribution in [-0.4, -0.2) is 37.5 Å². The number of imide groups is 2. The van der Waals surface area contributed by atoms with Crippen LogP contribution in [0.1, 0.15) is 11.1 Å². The SMILES string of the molecule is COc1ccc(NC(=O)COc2cccc(/C=C3\C(=O)NC(=O)N(c4ccc(C)c(Cl)c4)C3=O)c2)cc1. The maximum Gasteiger partial charge on any atom is 0.335 e. The van der Waals surface area contributed by atoms with Gasteiger partial charge in [0.15, 0.2) is 6.61 Å². The highest BCUT2D eigenvalue weighted by molar-refractivity contribution is 6.39. The van der Waals surface area contributed by atoms with Gasteiger partial charge in [-0.2, -0.15) is 0 Å². The van der Waals surface area contributed by atoms with Crippen LogP contribution in [0.25, 0.3) is 6.08 Å². The van der Waals surface area contributed by atoms with Gasteiger partial charge in [-0.15, -0.1) is 0 Å². The number of benzene rings is 3. The molecule has 9 nitrogen and oxygen atoms in total. The normalized spacial score (nSPS) is 14.4. The van der Waals surface area contributed by atoms with Gasteiger partial charge in [0.1, 0.15) is 17.1 Å². The van der Waals surface area contributed by atoms with Crippen LogP contribution < -0.4 is 25.0 Å². The van der Waals surface area contributed by atoms with Crippen molar-refractivity contribution in [3.8, 4) is 11.5 Å². The van der Waals surface area contributed by atoms with E-state index in [1.54, 1.807) is 74.7 Å². The molecule has 1 aliphatic rings. The van der Waals surface area contributed by atoms with Crippen molar-refractivity contribution in [1.29, 1.82) is 0 Å². The number of barbiturate groups is 1. The fourth-order valence-electron chi connectivity index (χ4n) is 3.49. The zero-order chi connectivity index (χ0) is 26.5. The summed E-state index contributed by atoms with van der Waals surface area (Å²) in [6.45, 7) is 1.53. The molecule has 1 heterocycles. The van der Waals surface area contributed by atoms with Crippen LogP contribution in [0.3, 0.4) is 0 Å². The molecule has 1 aliphatic heterocycles. The van der Waals surface area contributed by atoms with E-state index in [4.69, 9.17) is 21.1 Å². The van der Waals surface area contributed by atoms with Gasteiger partial charge in [0, 0.05) is 10.7 Å². The third-order valence-electron chi connectivity index (χ3n) is 5.43. The molecule has 0 radical (unpaired) electrons. The van der Waals surface area contributed by atoms with E-state index in [9.17, 15) is 19.2 Å². The Bertz CT molecular complexity index is 1420. The Labute approximate surface area is 217 Å². The molecular formula is C27H22ClN3O6. The highest BCUT2D eigenvalue weighted by Crippen LogP contribution is 2.27. The fraction of sp³-hybridized carbons (Fsp3) is 0.111. The summed E-state index contributed by atoms with van der Waals surface area (Å²) in [4.78, 5) is 51.1. The van der Waals surface area contributed by atoms with Crippen molar-refractivity contribution in [1.82, 2.24) is 5.32 Å². The van der Waals surface area contributed by atoms with E-state index in [-0.39, 0.29) is 23.8 Å². The van der Waals surface area contributed by atoms with Gasteiger partial charge in [0.2, 0.25) is 0 Å². The number of nitrogens with one attached hydrogen (secondary N) is 2. The Hall–Kier alpha value is -4.63. The monoisotopic (exact) mass is 519 g/mol. The van der Waals surface area contributed by atoms with Crippen LogP contribution in [0.2, 0.25) is 5.02 Å². The van der Waals surface area contributed by atoms with Gasteiger partial charge in [0.05, 0.1) is 12.8 Å². The highest BCUT2D eigenvalue weighted by Gasteiger charge is 2.37. The lowest BCUT2D eigenvalue weighted by Crippen LogP contribution is -2.54. The largest absolute Gasteiger partial charge is 0.497 e. The molecule has 5 amide bonds. The molecule has 37 heavy (non-hydrogen) atoms. The van der Waals surface area contributed by atoms with Gasteiger partial charge < -0.3 is 14.8 Å². The number of carbonyl (C=O) groups excluding carboxylic acids is 4. The standard InChI is InChI=1S/C27H22ClN3O6/c1-16-6-9-19(14-23(16)28)31-26(34)22(25(33)30-27(31)35)13-17-4-3-5-21(12-17)37-15-24(32)29-18-7-10-20(36-2)11-8-18/h3-14H,15H2,1-2H3,(H,29,32)(H,30,33,35)/b22-13+. The number of nitrogens with zero attached hydrogens (tertiary/aromatic N) is 1. The fourth-order valence-corrected chi connectivity index (χ4v) is 3.67. The van der Waals surface area contributed by atoms with Gasteiger partial charge in [-0.3, -0.25) is 19.7 Å². The molecule has 188 valence electrons. The number of rotatable bonds is 7. The first kappa shape index (κ1) is 25.5. The molecule has 1 fully saturated rings. The van der Waals surface area contributed by atoms with Crippen molar-refractivity contribution < 1.29 is 28.7 Å². The number of ether oxygens (including phenoxy) is 2. The summed E-state index contributed by atoms with van der Waals surface area (Å²) in [5, 5.41) is 5.26. The Morgan fingerprint density at radius 2 is 1.78 bits per heavy atom. The molecule has 2 N–H and O–H groups in total. The van der Waals surface area contributed by atoms with E-state index in [1.807, 2.05) is 0 Å². The minimum Gasteiger partial charge on any atom is -0.497 e. The molecule has 0 aliphatic carbocycles. The minimum atomic E-state index is -0.868. The Balaban J connectivity index is 1.47. The average Bonchev–Trinajstić information content (AvgIpc) is 2.88. The molecule has 0 spiro atoms. The lowest BCUT2D eigenvalue weighted by atomic mass is 10.1. The number of urea groups is 1. The first-order valence-electron chi connectivity index (χ1n) is 11.1. The first-order chi connectivity index (χ1) is 17.7. The van der Waals surface area contributed by atoms with Crippen molar-refractivity contribution >= 4 is 52.8 Å². The van der Waals surface area contributed by atoms with Crippen LogP contribution in [0, 0.1) is 6.92 Å². The maximum atomic E-state index is 13.1. The number of methoxy groups -OCH3 is 1. The lowest BCUT2D eigenvalue weighted by molar-refractivity contribution is -0.122. The predicted molar refractivity (Wildman–Crippen MR) is 139 cm³/mol.